The first-order valence-corrected chi connectivity index (χ1v) is 7.12. The number of benzene rings is 2. The van der Waals surface area contributed by atoms with Crippen LogP contribution < -0.4 is 5.32 Å². The molecule has 2 aromatic carbocycles. The van der Waals surface area contributed by atoms with Gasteiger partial charge in [-0.1, -0.05) is 36.4 Å². The van der Waals surface area contributed by atoms with Gasteiger partial charge in [-0.2, -0.15) is 5.26 Å². The zero-order valence-corrected chi connectivity index (χ0v) is 11.8. The normalized spacial score (nSPS) is 10.6. The van der Waals surface area contributed by atoms with Gasteiger partial charge in [-0.05, 0) is 36.2 Å². The topological polar surface area (TPSA) is 51.6 Å². The molecular formula is C18H17N3. The fourth-order valence-electron chi connectivity index (χ4n) is 2.57. The van der Waals surface area contributed by atoms with Crippen LogP contribution in [0.15, 0.2) is 54.7 Å². The zero-order chi connectivity index (χ0) is 14.5. The fourth-order valence-corrected chi connectivity index (χ4v) is 2.57. The molecule has 1 aromatic heterocycles. The molecule has 21 heavy (non-hydrogen) atoms. The minimum Gasteiger partial charge on any atom is -0.361 e. The number of hydrogen-bond donors (Lipinski definition) is 2. The number of nitriles is 1. The molecule has 0 aliphatic heterocycles. The van der Waals surface area contributed by atoms with E-state index in [0.717, 1.165) is 30.6 Å². The molecular weight excluding hydrogens is 258 g/mol. The smallest absolute Gasteiger partial charge is 0.0995 e. The van der Waals surface area contributed by atoms with Crippen LogP contribution in [0.4, 0.5) is 0 Å². The third kappa shape index (κ3) is 2.96. The molecule has 0 aliphatic rings. The predicted molar refractivity (Wildman–Crippen MR) is 84.9 cm³/mol. The molecule has 0 saturated heterocycles. The minimum atomic E-state index is 0.728. The number of rotatable bonds is 5. The Morgan fingerprint density at radius 2 is 1.81 bits per heavy atom. The molecule has 0 fully saturated rings. The molecule has 0 amide bonds. The maximum Gasteiger partial charge on any atom is 0.0995 e. The monoisotopic (exact) mass is 275 g/mol. The van der Waals surface area contributed by atoms with Gasteiger partial charge >= 0.3 is 0 Å². The summed E-state index contributed by atoms with van der Waals surface area (Å²) in [5.74, 6) is 0. The highest BCUT2D eigenvalue weighted by Crippen LogP contribution is 2.17. The summed E-state index contributed by atoms with van der Waals surface area (Å²) in [6, 6.07) is 18.3. The molecule has 0 atom stereocenters. The molecule has 0 saturated carbocycles. The summed E-state index contributed by atoms with van der Waals surface area (Å²) in [6.45, 7) is 1.62. The number of nitrogens with one attached hydrogen (secondary N) is 2. The van der Waals surface area contributed by atoms with Crippen molar-refractivity contribution in [3.8, 4) is 6.07 Å². The first-order chi connectivity index (χ1) is 10.4. The summed E-state index contributed by atoms with van der Waals surface area (Å²) in [5.41, 5.74) is 4.31. The van der Waals surface area contributed by atoms with Crippen molar-refractivity contribution >= 4 is 10.9 Å². The summed E-state index contributed by atoms with van der Waals surface area (Å²) in [4.78, 5) is 3.29. The second-order valence-corrected chi connectivity index (χ2v) is 5.06. The van der Waals surface area contributed by atoms with Crippen LogP contribution in [0.5, 0.6) is 0 Å². The molecule has 3 nitrogen and oxygen atoms in total. The van der Waals surface area contributed by atoms with Crippen LogP contribution in [-0.2, 0) is 13.0 Å². The number of H-pyrrole nitrogens is 1. The molecule has 104 valence electrons. The second kappa shape index (κ2) is 6.25. The average molecular weight is 275 g/mol. The van der Waals surface area contributed by atoms with E-state index in [1.807, 2.05) is 30.3 Å². The van der Waals surface area contributed by atoms with Crippen molar-refractivity contribution < 1.29 is 0 Å². The number of nitrogens with zero attached hydrogens (tertiary/aromatic N) is 1. The van der Waals surface area contributed by atoms with Crippen LogP contribution in [0, 0.1) is 11.3 Å². The van der Waals surface area contributed by atoms with Crippen LogP contribution in [0.3, 0.4) is 0 Å². The Balaban J connectivity index is 1.58. The van der Waals surface area contributed by atoms with Crippen molar-refractivity contribution in [2.24, 2.45) is 0 Å². The van der Waals surface area contributed by atoms with Crippen molar-refractivity contribution in [3.63, 3.8) is 0 Å². The van der Waals surface area contributed by atoms with E-state index >= 15 is 0 Å². The Bertz CT molecular complexity index is 780. The fraction of sp³-hybridized carbons (Fsp3) is 0.167. The Labute approximate surface area is 124 Å². The summed E-state index contributed by atoms with van der Waals surface area (Å²) in [5, 5.41) is 13.8. The Kier molecular flexibility index (Phi) is 3.99. The van der Waals surface area contributed by atoms with Crippen LogP contribution >= 0.6 is 0 Å². The van der Waals surface area contributed by atoms with Crippen LogP contribution in [-0.4, -0.2) is 11.5 Å². The third-order valence-corrected chi connectivity index (χ3v) is 3.70. The summed E-state index contributed by atoms with van der Waals surface area (Å²) in [6.07, 6.45) is 3.05. The molecule has 2 N–H and O–H groups in total. The lowest BCUT2D eigenvalue weighted by Gasteiger charge is -2.06. The lowest BCUT2D eigenvalue weighted by Crippen LogP contribution is -2.17. The SMILES string of the molecule is N#Cc1ccccc1CNCCc1c[nH]c2ccccc12. The maximum absolute atomic E-state index is 9.06. The number of aromatic amines is 1. The third-order valence-electron chi connectivity index (χ3n) is 3.70. The van der Waals surface area contributed by atoms with Gasteiger partial charge in [0.2, 0.25) is 0 Å². The van der Waals surface area contributed by atoms with Gasteiger partial charge in [0.25, 0.3) is 0 Å². The van der Waals surface area contributed by atoms with Crippen LogP contribution in [0.1, 0.15) is 16.7 Å². The summed E-state index contributed by atoms with van der Waals surface area (Å²) < 4.78 is 0. The van der Waals surface area contributed by atoms with Crippen molar-refractivity contribution in [2.75, 3.05) is 6.54 Å². The second-order valence-electron chi connectivity index (χ2n) is 5.06. The highest BCUT2D eigenvalue weighted by Gasteiger charge is 2.03. The van der Waals surface area contributed by atoms with Crippen LogP contribution in [0.25, 0.3) is 10.9 Å². The van der Waals surface area contributed by atoms with E-state index in [1.165, 1.54) is 16.5 Å². The standard InChI is InChI=1S/C18H17N3/c19-11-14-5-1-2-6-15(14)12-20-10-9-16-13-21-18-8-4-3-7-17(16)18/h1-8,13,20-21H,9-10,12H2. The molecule has 0 radical (unpaired) electrons. The number of fused-ring (bicyclic) bond motifs is 1. The van der Waals surface area contributed by atoms with Gasteiger partial charge in [-0.15, -0.1) is 0 Å². The van der Waals surface area contributed by atoms with E-state index < -0.39 is 0 Å². The Hall–Kier alpha value is -2.57. The van der Waals surface area contributed by atoms with Gasteiger partial charge in [0.1, 0.15) is 0 Å². The predicted octanol–water partition coefficient (Wildman–Crippen LogP) is 3.37. The number of hydrogen-bond acceptors (Lipinski definition) is 2. The maximum atomic E-state index is 9.06. The van der Waals surface area contributed by atoms with E-state index in [1.54, 1.807) is 0 Å². The van der Waals surface area contributed by atoms with Gasteiger partial charge in [-0.25, -0.2) is 0 Å². The van der Waals surface area contributed by atoms with Gasteiger partial charge in [0.05, 0.1) is 11.6 Å². The van der Waals surface area contributed by atoms with Crippen LogP contribution in [0.2, 0.25) is 0 Å². The molecule has 3 rings (SSSR count). The van der Waals surface area contributed by atoms with Crippen molar-refractivity contribution in [2.45, 2.75) is 13.0 Å². The summed E-state index contributed by atoms with van der Waals surface area (Å²) in [7, 11) is 0. The van der Waals surface area contributed by atoms with Crippen molar-refractivity contribution in [1.82, 2.24) is 10.3 Å². The molecule has 0 unspecified atom stereocenters. The van der Waals surface area contributed by atoms with E-state index in [0.29, 0.717) is 0 Å². The first kappa shape index (κ1) is 13.4. The largest absolute Gasteiger partial charge is 0.361 e. The van der Waals surface area contributed by atoms with Gasteiger partial charge < -0.3 is 10.3 Å². The van der Waals surface area contributed by atoms with Crippen molar-refractivity contribution in [1.29, 1.82) is 5.26 Å². The lowest BCUT2D eigenvalue weighted by molar-refractivity contribution is 0.687. The molecule has 0 bridgehead atoms. The highest BCUT2D eigenvalue weighted by atomic mass is 14.8. The number of aromatic nitrogens is 1. The van der Waals surface area contributed by atoms with Gasteiger partial charge in [0, 0.05) is 23.6 Å². The zero-order valence-electron chi connectivity index (χ0n) is 11.8. The quantitative estimate of drug-likeness (QED) is 0.701. The lowest BCUT2D eigenvalue weighted by atomic mass is 10.1. The Morgan fingerprint density at radius 1 is 1.00 bits per heavy atom. The average Bonchev–Trinajstić information content (AvgIpc) is 2.95. The highest BCUT2D eigenvalue weighted by molar-refractivity contribution is 5.83. The van der Waals surface area contributed by atoms with Gasteiger partial charge in [0.15, 0.2) is 0 Å². The molecule has 0 spiro atoms. The van der Waals surface area contributed by atoms with E-state index in [9.17, 15) is 0 Å². The van der Waals surface area contributed by atoms with E-state index in [2.05, 4.69) is 40.8 Å². The molecule has 3 aromatic rings. The number of para-hydroxylation sites is 1. The molecule has 0 aliphatic carbocycles. The first-order valence-electron chi connectivity index (χ1n) is 7.12. The molecule has 3 heteroatoms. The van der Waals surface area contributed by atoms with Gasteiger partial charge in [-0.3, -0.25) is 0 Å². The summed E-state index contributed by atoms with van der Waals surface area (Å²) >= 11 is 0. The minimum absolute atomic E-state index is 0.728. The van der Waals surface area contributed by atoms with E-state index in [4.69, 9.17) is 5.26 Å². The molecule has 1 heterocycles. The van der Waals surface area contributed by atoms with Crippen molar-refractivity contribution in [3.05, 3.63) is 71.4 Å². The van der Waals surface area contributed by atoms with E-state index in [-0.39, 0.29) is 0 Å². The Morgan fingerprint density at radius 3 is 2.71 bits per heavy atom.